The summed E-state index contributed by atoms with van der Waals surface area (Å²) in [6, 6.07) is 11.2. The molecule has 3 aromatic rings. The minimum Gasteiger partial charge on any atom is -0.493 e. The molecule has 0 spiro atoms. The van der Waals surface area contributed by atoms with Crippen molar-refractivity contribution in [1.82, 2.24) is 10.3 Å². The predicted molar refractivity (Wildman–Crippen MR) is 132 cm³/mol. The fourth-order valence-corrected chi connectivity index (χ4v) is 4.49. The Labute approximate surface area is 213 Å². The van der Waals surface area contributed by atoms with Gasteiger partial charge in [0.1, 0.15) is 11.2 Å². The highest BCUT2D eigenvalue weighted by Crippen LogP contribution is 2.42. The Balaban J connectivity index is 1.83. The number of anilines is 1. The maximum Gasteiger partial charge on any atom is 0.335 e. The minimum absolute atomic E-state index is 0.0383. The van der Waals surface area contributed by atoms with Crippen LogP contribution in [0.1, 0.15) is 17.5 Å². The topological polar surface area (TPSA) is 107 Å². The molecule has 2 heterocycles. The van der Waals surface area contributed by atoms with E-state index in [0.29, 0.717) is 34.1 Å². The van der Waals surface area contributed by atoms with E-state index >= 15 is 0 Å². The number of carbonyl (C=O) groups excluding carboxylic acids is 3. The Morgan fingerprint density at radius 3 is 2.16 bits per heavy atom. The number of nitrogens with one attached hydrogen (secondary N) is 1. The van der Waals surface area contributed by atoms with Crippen molar-refractivity contribution in [3.63, 3.8) is 0 Å². The van der Waals surface area contributed by atoms with Crippen LogP contribution in [0.4, 0.5) is 14.9 Å². The zero-order chi connectivity index (χ0) is 26.6. The summed E-state index contributed by atoms with van der Waals surface area (Å²) in [5, 5.41) is 2.27. The summed E-state index contributed by atoms with van der Waals surface area (Å²) in [5.41, 5.74) is -0.621. The molecule has 10 heteroatoms. The van der Waals surface area contributed by atoms with Crippen LogP contribution in [0.3, 0.4) is 0 Å². The molecule has 0 radical (unpaired) electrons. The summed E-state index contributed by atoms with van der Waals surface area (Å²) in [7, 11) is 4.38. The number of barbiturate groups is 1. The Kier molecular flexibility index (Phi) is 7.37. The minimum atomic E-state index is -1.75. The molecule has 192 valence electrons. The molecule has 0 unspecified atom stereocenters. The molecular weight excluding hydrogens is 481 g/mol. The van der Waals surface area contributed by atoms with Gasteiger partial charge in [-0.2, -0.15) is 0 Å². The number of imide groups is 2. The average Bonchev–Trinajstić information content (AvgIpc) is 2.91. The van der Waals surface area contributed by atoms with Crippen molar-refractivity contribution >= 4 is 23.5 Å². The number of benzene rings is 2. The number of hydrogen-bond acceptors (Lipinski definition) is 7. The van der Waals surface area contributed by atoms with Gasteiger partial charge in [0.05, 0.1) is 27.0 Å². The lowest BCUT2D eigenvalue weighted by Gasteiger charge is -2.39. The number of methoxy groups -OCH3 is 3. The number of carbonyl (C=O) groups is 3. The predicted octanol–water partition coefficient (Wildman–Crippen LogP) is 3.69. The number of ether oxygens (including phenoxy) is 3. The molecule has 1 aliphatic heterocycles. The highest BCUT2D eigenvalue weighted by molar-refractivity contribution is 6.30. The van der Waals surface area contributed by atoms with E-state index < -0.39 is 29.1 Å². The number of halogens is 1. The van der Waals surface area contributed by atoms with E-state index in [-0.39, 0.29) is 18.5 Å². The van der Waals surface area contributed by atoms with Gasteiger partial charge < -0.3 is 14.2 Å². The molecule has 0 saturated carbocycles. The molecular formula is C27H26FN3O6. The number of nitrogens with zero attached hydrogens (tertiary/aromatic N) is 2. The molecule has 0 aliphatic carbocycles. The number of para-hydroxylation sites is 1. The first-order valence-corrected chi connectivity index (χ1v) is 11.5. The lowest BCUT2D eigenvalue weighted by atomic mass is 9.73. The number of hydrogen-bond donors (Lipinski definition) is 1. The summed E-state index contributed by atoms with van der Waals surface area (Å²) >= 11 is 0. The third-order valence-corrected chi connectivity index (χ3v) is 6.38. The second-order valence-corrected chi connectivity index (χ2v) is 8.50. The Morgan fingerprint density at radius 2 is 1.57 bits per heavy atom. The molecule has 1 saturated heterocycles. The molecule has 0 bridgehead atoms. The lowest BCUT2D eigenvalue weighted by molar-refractivity contribution is -0.143. The van der Waals surface area contributed by atoms with E-state index in [1.165, 1.54) is 39.5 Å². The summed E-state index contributed by atoms with van der Waals surface area (Å²) in [4.78, 5) is 45.0. The largest absolute Gasteiger partial charge is 0.493 e. The quantitative estimate of drug-likeness (QED) is 0.440. The Hall–Kier alpha value is -4.47. The van der Waals surface area contributed by atoms with Gasteiger partial charge >= 0.3 is 6.03 Å². The van der Waals surface area contributed by atoms with Crippen LogP contribution in [0.2, 0.25) is 0 Å². The molecule has 1 fully saturated rings. The first-order chi connectivity index (χ1) is 17.8. The first kappa shape index (κ1) is 25.6. The fourth-order valence-electron chi connectivity index (χ4n) is 4.49. The van der Waals surface area contributed by atoms with E-state index in [9.17, 15) is 18.8 Å². The SMILES string of the molecule is COc1cc(C[C@]2(CCc3ccncc3)C(=O)NC(=O)N(c3ccccc3F)C2=O)cc(OC)c1OC. The Morgan fingerprint density at radius 1 is 0.919 bits per heavy atom. The summed E-state index contributed by atoms with van der Waals surface area (Å²) in [5.74, 6) is -1.33. The zero-order valence-corrected chi connectivity index (χ0v) is 20.6. The zero-order valence-electron chi connectivity index (χ0n) is 20.6. The van der Waals surface area contributed by atoms with Crippen LogP contribution in [0, 0.1) is 11.2 Å². The van der Waals surface area contributed by atoms with Crippen LogP contribution < -0.4 is 24.4 Å². The van der Waals surface area contributed by atoms with E-state index in [1.807, 2.05) is 0 Å². The normalized spacial score (nSPS) is 17.4. The second kappa shape index (κ2) is 10.7. The standard InChI is InChI=1S/C27H26FN3O6/c1-35-21-14-18(15-22(36-2)23(21)37-3)16-27(11-8-17-9-12-29-13-10-17)24(32)30-26(34)31(25(27)33)20-7-5-4-6-19(20)28/h4-7,9-10,12-15H,8,11,16H2,1-3H3,(H,30,32,34)/t27-/m1/s1. The molecule has 4 rings (SSSR count). The number of rotatable bonds is 9. The highest BCUT2D eigenvalue weighted by atomic mass is 19.1. The maximum absolute atomic E-state index is 14.7. The maximum atomic E-state index is 14.7. The van der Waals surface area contributed by atoms with Crippen molar-refractivity contribution in [2.24, 2.45) is 5.41 Å². The summed E-state index contributed by atoms with van der Waals surface area (Å²) < 4.78 is 31.0. The molecule has 2 aromatic carbocycles. The smallest absolute Gasteiger partial charge is 0.335 e. The van der Waals surface area contributed by atoms with Gasteiger partial charge in [0.15, 0.2) is 11.5 Å². The number of amides is 4. The van der Waals surface area contributed by atoms with E-state index in [1.54, 1.807) is 36.7 Å². The fraction of sp³-hybridized carbons (Fsp3) is 0.259. The van der Waals surface area contributed by atoms with Crippen LogP contribution in [0.15, 0.2) is 60.9 Å². The average molecular weight is 508 g/mol. The summed E-state index contributed by atoms with van der Waals surface area (Å²) in [6.45, 7) is 0. The van der Waals surface area contributed by atoms with Gasteiger partial charge in [-0.25, -0.2) is 14.1 Å². The van der Waals surface area contributed by atoms with Crippen molar-refractivity contribution in [1.29, 1.82) is 0 Å². The van der Waals surface area contributed by atoms with E-state index in [4.69, 9.17) is 14.2 Å². The van der Waals surface area contributed by atoms with Crippen LogP contribution in [0.5, 0.6) is 17.2 Å². The first-order valence-electron chi connectivity index (χ1n) is 11.5. The second-order valence-electron chi connectivity index (χ2n) is 8.50. The monoisotopic (exact) mass is 507 g/mol. The molecule has 4 amide bonds. The van der Waals surface area contributed by atoms with Crippen molar-refractivity contribution in [3.8, 4) is 17.2 Å². The third-order valence-electron chi connectivity index (χ3n) is 6.38. The molecule has 37 heavy (non-hydrogen) atoms. The third kappa shape index (κ3) is 4.82. The van der Waals surface area contributed by atoms with Gasteiger partial charge in [-0.15, -0.1) is 0 Å². The molecule has 1 N–H and O–H groups in total. The van der Waals surface area contributed by atoms with Crippen LogP contribution in [-0.4, -0.2) is 44.2 Å². The van der Waals surface area contributed by atoms with Crippen molar-refractivity contribution in [2.75, 3.05) is 26.2 Å². The Bertz CT molecular complexity index is 1310. The van der Waals surface area contributed by atoms with Gasteiger partial charge in [0.2, 0.25) is 11.7 Å². The van der Waals surface area contributed by atoms with Crippen LogP contribution >= 0.6 is 0 Å². The number of pyridine rings is 1. The summed E-state index contributed by atoms with van der Waals surface area (Å²) in [6.07, 6.45) is 3.47. The van der Waals surface area contributed by atoms with Gasteiger partial charge in [0.25, 0.3) is 5.91 Å². The number of urea groups is 1. The van der Waals surface area contributed by atoms with Gasteiger partial charge in [-0.05, 0) is 66.8 Å². The van der Waals surface area contributed by atoms with Gasteiger partial charge in [-0.3, -0.25) is 19.9 Å². The highest BCUT2D eigenvalue weighted by Gasteiger charge is 2.54. The molecule has 1 atom stereocenters. The van der Waals surface area contributed by atoms with Crippen molar-refractivity contribution < 1.29 is 33.0 Å². The van der Waals surface area contributed by atoms with Gasteiger partial charge in [0, 0.05) is 12.4 Å². The van der Waals surface area contributed by atoms with E-state index in [2.05, 4.69) is 10.3 Å². The van der Waals surface area contributed by atoms with Crippen LogP contribution in [-0.2, 0) is 22.4 Å². The van der Waals surface area contributed by atoms with E-state index in [0.717, 1.165) is 11.6 Å². The van der Waals surface area contributed by atoms with Crippen molar-refractivity contribution in [2.45, 2.75) is 19.3 Å². The lowest BCUT2D eigenvalue weighted by Crippen LogP contribution is -2.65. The van der Waals surface area contributed by atoms with Crippen molar-refractivity contribution in [3.05, 3.63) is 77.9 Å². The van der Waals surface area contributed by atoms with Gasteiger partial charge in [-0.1, -0.05) is 12.1 Å². The number of aromatic nitrogens is 1. The molecule has 1 aliphatic rings. The molecule has 9 nitrogen and oxygen atoms in total. The van der Waals surface area contributed by atoms with Crippen LogP contribution in [0.25, 0.3) is 0 Å². The number of aryl methyl sites for hydroxylation is 1. The molecule has 1 aromatic heterocycles.